The Bertz CT molecular complexity index is 232. The second kappa shape index (κ2) is 27.4. The summed E-state index contributed by atoms with van der Waals surface area (Å²) in [4.78, 5) is 0. The van der Waals surface area contributed by atoms with Crippen LogP contribution in [-0.4, -0.2) is 36.5 Å². The smallest absolute Gasteiger partial charge is 0.0553 e. The fraction of sp³-hybridized carbons (Fsp3) is 0.647. The van der Waals surface area contributed by atoms with Crippen LogP contribution in [0.1, 0.15) is 45.1 Å². The molecule has 1 aromatic rings. The molecule has 0 spiro atoms. The summed E-state index contributed by atoms with van der Waals surface area (Å²) in [6, 6.07) is 10.3. The van der Waals surface area contributed by atoms with Crippen molar-refractivity contribution in [3.8, 4) is 0 Å². The first-order valence-electron chi connectivity index (χ1n) is 7.77. The average molecular weight is 300 g/mol. The Morgan fingerprint density at radius 2 is 1.14 bits per heavy atom. The molecule has 0 aromatic heterocycles. The van der Waals surface area contributed by atoms with Crippen molar-refractivity contribution in [3.05, 3.63) is 35.9 Å². The number of rotatable bonds is 5. The molecule has 1 aromatic carbocycles. The Hall–Kier alpha value is -0.940. The zero-order valence-electron chi connectivity index (χ0n) is 14.1. The van der Waals surface area contributed by atoms with Crippen LogP contribution in [0.5, 0.6) is 0 Å². The van der Waals surface area contributed by atoms with Crippen molar-refractivity contribution in [1.82, 2.24) is 0 Å². The quantitative estimate of drug-likeness (QED) is 0.628. The molecular weight excluding hydrogens is 264 g/mol. The van der Waals surface area contributed by atoms with Gasteiger partial charge in [-0.1, -0.05) is 75.4 Å². The van der Waals surface area contributed by atoms with E-state index in [-0.39, 0.29) is 13.2 Å². The van der Waals surface area contributed by atoms with Crippen LogP contribution in [-0.2, 0) is 0 Å². The molecule has 6 N–H and O–H groups in total. The van der Waals surface area contributed by atoms with E-state index in [4.69, 9.17) is 21.7 Å². The monoisotopic (exact) mass is 300 g/mol. The molecule has 0 atom stereocenters. The number of aliphatic hydroxyl groups is 2. The van der Waals surface area contributed by atoms with E-state index >= 15 is 0 Å². The van der Waals surface area contributed by atoms with Crippen LogP contribution < -0.4 is 11.5 Å². The van der Waals surface area contributed by atoms with Gasteiger partial charge >= 0.3 is 0 Å². The molecule has 0 unspecified atom stereocenters. The molecule has 0 radical (unpaired) electrons. The van der Waals surface area contributed by atoms with Crippen LogP contribution in [0, 0.1) is 6.92 Å². The summed E-state index contributed by atoms with van der Waals surface area (Å²) >= 11 is 0. The van der Waals surface area contributed by atoms with Crippen molar-refractivity contribution in [2.75, 3.05) is 26.3 Å². The second-order valence-corrected chi connectivity index (χ2v) is 4.39. The van der Waals surface area contributed by atoms with Crippen LogP contribution in [0.2, 0.25) is 0 Å². The summed E-state index contributed by atoms with van der Waals surface area (Å²) in [7, 11) is 0. The third-order valence-corrected chi connectivity index (χ3v) is 2.16. The third kappa shape index (κ3) is 38.1. The highest BCUT2D eigenvalue weighted by atomic mass is 16.3. The summed E-state index contributed by atoms with van der Waals surface area (Å²) in [5, 5.41) is 15.5. The van der Waals surface area contributed by atoms with E-state index in [1.54, 1.807) is 0 Å². The molecule has 0 fully saturated rings. The summed E-state index contributed by atoms with van der Waals surface area (Å²) in [6.07, 6.45) is 5.54. The fourth-order valence-electron chi connectivity index (χ4n) is 1.03. The molecular formula is C17H36N2O2. The minimum Gasteiger partial charge on any atom is -0.395 e. The molecule has 4 heteroatoms. The SMILES string of the molecule is CCCCCC.Cc1ccccc1.NCCO.NCCO. The zero-order chi connectivity index (χ0) is 16.8. The lowest BCUT2D eigenvalue weighted by molar-refractivity contribution is 0.306. The molecule has 0 saturated heterocycles. The van der Waals surface area contributed by atoms with Crippen molar-refractivity contribution in [1.29, 1.82) is 0 Å². The first-order valence-corrected chi connectivity index (χ1v) is 7.77. The minimum absolute atomic E-state index is 0.0972. The molecule has 1 rings (SSSR count). The van der Waals surface area contributed by atoms with Gasteiger partial charge in [0, 0.05) is 13.1 Å². The van der Waals surface area contributed by atoms with E-state index < -0.39 is 0 Å². The van der Waals surface area contributed by atoms with Crippen LogP contribution in [0.3, 0.4) is 0 Å². The average Bonchev–Trinajstić information content (AvgIpc) is 2.54. The molecule has 0 heterocycles. The van der Waals surface area contributed by atoms with Gasteiger partial charge in [-0.3, -0.25) is 0 Å². The van der Waals surface area contributed by atoms with E-state index in [2.05, 4.69) is 32.9 Å². The van der Waals surface area contributed by atoms with E-state index in [0.717, 1.165) is 0 Å². The Labute approximate surface area is 131 Å². The number of aliphatic hydroxyl groups excluding tert-OH is 2. The van der Waals surface area contributed by atoms with E-state index in [9.17, 15) is 0 Å². The van der Waals surface area contributed by atoms with Gasteiger partial charge in [0.05, 0.1) is 13.2 Å². The Kier molecular flexibility index (Phi) is 32.7. The largest absolute Gasteiger partial charge is 0.395 e. The van der Waals surface area contributed by atoms with Gasteiger partial charge in [0.15, 0.2) is 0 Å². The number of nitrogens with two attached hydrogens (primary N) is 2. The highest BCUT2D eigenvalue weighted by Crippen LogP contribution is 1.95. The summed E-state index contributed by atoms with van der Waals surface area (Å²) in [6.45, 7) is 7.49. The van der Waals surface area contributed by atoms with Gasteiger partial charge in [0.25, 0.3) is 0 Å². The van der Waals surface area contributed by atoms with Gasteiger partial charge in [-0.25, -0.2) is 0 Å². The molecule has 0 aliphatic carbocycles. The van der Waals surface area contributed by atoms with Crippen molar-refractivity contribution in [2.45, 2.75) is 46.5 Å². The van der Waals surface area contributed by atoms with E-state index in [1.165, 1.54) is 31.2 Å². The maximum atomic E-state index is 7.75. The normalized spacial score (nSPS) is 8.33. The van der Waals surface area contributed by atoms with Gasteiger partial charge in [-0.05, 0) is 6.92 Å². The van der Waals surface area contributed by atoms with Crippen LogP contribution >= 0.6 is 0 Å². The first kappa shape index (κ1) is 25.0. The standard InChI is InChI=1S/C7H8.C6H14.2C2H7NO/c1-7-5-3-2-4-6-7;1-3-5-6-4-2;2*3-1-2-4/h2-6H,1H3;3-6H2,1-2H3;2*4H,1-3H2. The maximum absolute atomic E-state index is 7.75. The molecule has 0 aliphatic heterocycles. The van der Waals surface area contributed by atoms with Gasteiger partial charge < -0.3 is 21.7 Å². The summed E-state index contributed by atoms with van der Waals surface area (Å²) < 4.78 is 0. The fourth-order valence-corrected chi connectivity index (χ4v) is 1.03. The molecule has 0 bridgehead atoms. The number of hydrogen-bond donors (Lipinski definition) is 4. The van der Waals surface area contributed by atoms with Crippen LogP contribution in [0.4, 0.5) is 0 Å². The maximum Gasteiger partial charge on any atom is 0.0553 e. The van der Waals surface area contributed by atoms with Gasteiger partial charge in [-0.2, -0.15) is 0 Å². The Morgan fingerprint density at radius 3 is 1.29 bits per heavy atom. The number of benzene rings is 1. The lowest BCUT2D eigenvalue weighted by Crippen LogP contribution is -2.02. The molecule has 126 valence electrons. The van der Waals surface area contributed by atoms with Crippen molar-refractivity contribution in [2.24, 2.45) is 11.5 Å². The molecule has 0 aliphatic rings. The molecule has 21 heavy (non-hydrogen) atoms. The third-order valence-electron chi connectivity index (χ3n) is 2.16. The van der Waals surface area contributed by atoms with Crippen molar-refractivity contribution < 1.29 is 10.2 Å². The zero-order valence-corrected chi connectivity index (χ0v) is 14.1. The van der Waals surface area contributed by atoms with Crippen molar-refractivity contribution in [3.63, 3.8) is 0 Å². The second-order valence-electron chi connectivity index (χ2n) is 4.39. The predicted molar refractivity (Wildman–Crippen MR) is 93.3 cm³/mol. The lowest BCUT2D eigenvalue weighted by Gasteiger charge is -1.86. The molecule has 0 amide bonds. The highest BCUT2D eigenvalue weighted by Gasteiger charge is 1.75. The molecule has 4 nitrogen and oxygen atoms in total. The molecule has 0 saturated carbocycles. The minimum atomic E-state index is 0.0972. The summed E-state index contributed by atoms with van der Waals surface area (Å²) in [5.74, 6) is 0. The first-order chi connectivity index (χ1) is 10.1. The Balaban J connectivity index is -0.000000214. The number of hydrogen-bond acceptors (Lipinski definition) is 4. The van der Waals surface area contributed by atoms with Crippen LogP contribution in [0.15, 0.2) is 30.3 Å². The van der Waals surface area contributed by atoms with E-state index in [1.807, 2.05) is 18.2 Å². The van der Waals surface area contributed by atoms with Crippen LogP contribution in [0.25, 0.3) is 0 Å². The predicted octanol–water partition coefficient (Wildman–Crippen LogP) is 2.46. The number of aryl methyl sites for hydroxylation is 1. The van der Waals surface area contributed by atoms with E-state index in [0.29, 0.717) is 13.1 Å². The van der Waals surface area contributed by atoms with Crippen molar-refractivity contribution >= 4 is 0 Å². The topological polar surface area (TPSA) is 92.5 Å². The number of unbranched alkanes of at least 4 members (excludes halogenated alkanes) is 3. The van der Waals surface area contributed by atoms with Gasteiger partial charge in [0.1, 0.15) is 0 Å². The summed E-state index contributed by atoms with van der Waals surface area (Å²) in [5.41, 5.74) is 10.9. The van der Waals surface area contributed by atoms with Gasteiger partial charge in [0.2, 0.25) is 0 Å². The van der Waals surface area contributed by atoms with Gasteiger partial charge in [-0.15, -0.1) is 0 Å². The lowest BCUT2D eigenvalue weighted by atomic mass is 10.2. The highest BCUT2D eigenvalue weighted by molar-refractivity contribution is 5.11. The Morgan fingerprint density at radius 1 is 0.810 bits per heavy atom.